The van der Waals surface area contributed by atoms with Crippen molar-refractivity contribution in [3.63, 3.8) is 0 Å². The molecule has 1 aliphatic carbocycles. The van der Waals surface area contributed by atoms with E-state index in [1.54, 1.807) is 4.90 Å². The number of carbonyl (C=O) groups is 3. The third-order valence-corrected chi connectivity index (χ3v) is 16.3. The maximum atomic E-state index is 14.9. The number of para-hydroxylation sites is 2. The summed E-state index contributed by atoms with van der Waals surface area (Å²) in [7, 11) is 0. The zero-order valence-electron chi connectivity index (χ0n) is 51.2. The molecule has 3 aliphatic heterocycles. The van der Waals surface area contributed by atoms with Crippen LogP contribution in [-0.4, -0.2) is 99.4 Å². The highest BCUT2D eigenvalue weighted by atomic mass is 19.1. The van der Waals surface area contributed by atoms with E-state index in [9.17, 15) is 37.5 Å². The SMILES string of the molecule is CC(=O)c1cn(-c2ccc(F)cc2F)c2nc(N3CCC(O)CC3)c(F)cc2c1=O.Cc1ccc(-c2ccc3nc(N)nc(N)c3c2C)c2c1OC(C)(C)C2.NC1=CC(=O)C2=NCN=C2C1=O.c1ccc2[nH]c(-c3ccc(-c4ccc(Cn5cccc5)cc4)o3)nc2c1. The topological polar surface area (TPSA) is 294 Å². The van der Waals surface area contributed by atoms with Crippen molar-refractivity contribution in [1.82, 2.24) is 34.1 Å². The summed E-state index contributed by atoms with van der Waals surface area (Å²) >= 11 is 0. The number of nitrogen functional groups attached to an aromatic ring is 2. The van der Waals surface area contributed by atoms with Crippen molar-refractivity contribution in [3.05, 3.63) is 207 Å². The van der Waals surface area contributed by atoms with Crippen molar-refractivity contribution >= 4 is 79.3 Å². The number of aromatic nitrogens is 7. The second-order valence-electron chi connectivity index (χ2n) is 23.4. The molecule has 6 aromatic heterocycles. The van der Waals surface area contributed by atoms with E-state index in [0.717, 1.165) is 110 Å². The van der Waals surface area contributed by atoms with Crippen molar-refractivity contribution in [2.45, 2.75) is 72.1 Å². The minimum atomic E-state index is -0.928. The lowest BCUT2D eigenvalue weighted by Crippen LogP contribution is -2.37. The lowest BCUT2D eigenvalue weighted by atomic mass is 9.89. The minimum Gasteiger partial charge on any atom is -0.487 e. The average molecular weight is 1250 g/mol. The Kier molecular flexibility index (Phi) is 16.7. The summed E-state index contributed by atoms with van der Waals surface area (Å²) in [6, 6.07) is 36.6. The maximum absolute atomic E-state index is 14.9. The molecule has 0 radical (unpaired) electrons. The van der Waals surface area contributed by atoms with Crippen LogP contribution in [0.4, 0.5) is 30.8 Å². The van der Waals surface area contributed by atoms with Gasteiger partial charge in [-0.05, 0) is 136 Å². The highest BCUT2D eigenvalue weighted by Crippen LogP contribution is 2.45. The molecule has 5 aromatic carbocycles. The molecule has 9 heterocycles. The van der Waals surface area contributed by atoms with Gasteiger partial charge in [0, 0.05) is 73.3 Å². The molecule has 1 saturated heterocycles. The van der Waals surface area contributed by atoms with E-state index < -0.39 is 40.6 Å². The van der Waals surface area contributed by atoms with Crippen molar-refractivity contribution in [1.29, 1.82) is 0 Å². The number of ketones is 3. The van der Waals surface area contributed by atoms with E-state index in [1.807, 2.05) is 54.6 Å². The number of allylic oxidation sites excluding steroid dienone is 2. The fraction of sp³-hybridized carbons (Fsp3) is 0.200. The number of nitrogens with zero attached hydrogens (tertiary/aromatic N) is 9. The molecule has 11 aromatic rings. The summed E-state index contributed by atoms with van der Waals surface area (Å²) in [5.41, 5.74) is 26.8. The second kappa shape index (κ2) is 25.2. The number of piperidine rings is 1. The van der Waals surface area contributed by atoms with E-state index in [0.29, 0.717) is 37.8 Å². The van der Waals surface area contributed by atoms with Gasteiger partial charge in [-0.3, -0.25) is 33.7 Å². The van der Waals surface area contributed by atoms with Crippen LogP contribution >= 0.6 is 0 Å². The Bertz CT molecular complexity index is 4930. The van der Waals surface area contributed by atoms with Crippen LogP contribution in [-0.2, 0) is 22.6 Å². The number of anilines is 3. The summed E-state index contributed by atoms with van der Waals surface area (Å²) in [6.07, 6.45) is 7.63. The van der Waals surface area contributed by atoms with Crippen LogP contribution in [0.5, 0.6) is 5.75 Å². The van der Waals surface area contributed by atoms with Crippen LogP contribution in [0.3, 0.4) is 0 Å². The number of rotatable bonds is 8. The molecule has 20 nitrogen and oxygen atoms in total. The Hall–Kier alpha value is -11.3. The van der Waals surface area contributed by atoms with Gasteiger partial charge in [0.15, 0.2) is 34.7 Å². The number of pyridine rings is 2. The van der Waals surface area contributed by atoms with Gasteiger partial charge < -0.3 is 45.9 Å². The summed E-state index contributed by atoms with van der Waals surface area (Å²) in [5, 5.41) is 10.4. The number of nitrogens with two attached hydrogens (primary N) is 3. The average Bonchev–Trinajstić information content (AvgIpc) is 1.72. The first-order valence-corrected chi connectivity index (χ1v) is 29.8. The number of benzene rings is 5. The van der Waals surface area contributed by atoms with Crippen LogP contribution in [0.15, 0.2) is 171 Å². The molecular weight excluding hydrogens is 1190 g/mol. The number of hydrogen-bond donors (Lipinski definition) is 5. The Morgan fingerprint density at radius 1 is 0.774 bits per heavy atom. The number of aliphatic hydroxyl groups excluding tert-OH is 1. The van der Waals surface area contributed by atoms with Crippen LogP contribution in [0, 0.1) is 31.3 Å². The summed E-state index contributed by atoms with van der Waals surface area (Å²) in [6.45, 7) is 11.3. The molecule has 0 spiro atoms. The number of ether oxygens (including phenoxy) is 1. The standard InChI is InChI=1S/C22H17N3O.C21H18F3N3O3.C20H22N4O.C7H5N3O2/c1-2-6-19-18(5-1)23-22(24-19)21-12-11-20(26-21)17-9-7-16(8-10-17)15-25-13-3-4-14-25;1-11(28)15-10-27(18-3-2-12(22)8-16(18)23)20-14(19(15)30)9-17(24)21(25-20)26-6-4-13(29)5-7-26;1-10-5-6-13(14-9-20(3,4)25-17(10)14)12-7-8-15-16(11(12)2)18(21)24-19(22)23-15;8-3-1-4(11)5-6(7(3)12)10-2-9-5/h1-14H,15H2,(H,23,24);2-3,8-10,13,29H,4-7H2,1H3;5-8H,9H2,1-4H3,(H4,21,22,23,24);1H,2,8H2. The number of nitrogens with one attached hydrogen (secondary N) is 1. The van der Waals surface area contributed by atoms with Gasteiger partial charge >= 0.3 is 0 Å². The molecule has 1 fully saturated rings. The van der Waals surface area contributed by atoms with E-state index >= 15 is 0 Å². The number of furan rings is 1. The summed E-state index contributed by atoms with van der Waals surface area (Å²) < 4.78 is 58.3. The van der Waals surface area contributed by atoms with E-state index in [1.165, 1.54) is 29.2 Å². The van der Waals surface area contributed by atoms with E-state index in [2.05, 4.69) is 122 Å². The second-order valence-corrected chi connectivity index (χ2v) is 23.4. The number of aliphatic hydroxyl groups is 1. The first kappa shape index (κ1) is 61.9. The van der Waals surface area contributed by atoms with Gasteiger partial charge in [-0.15, -0.1) is 0 Å². The number of halogens is 3. The van der Waals surface area contributed by atoms with Gasteiger partial charge in [-0.2, -0.15) is 4.98 Å². The smallest absolute Gasteiger partial charge is 0.229 e. The van der Waals surface area contributed by atoms with E-state index in [4.69, 9.17) is 26.4 Å². The highest BCUT2D eigenvalue weighted by Gasteiger charge is 2.35. The van der Waals surface area contributed by atoms with Crippen molar-refractivity contribution in [2.75, 3.05) is 36.1 Å². The normalized spacial score (nSPS) is 14.8. The van der Waals surface area contributed by atoms with Gasteiger partial charge in [-0.25, -0.2) is 28.1 Å². The third kappa shape index (κ3) is 12.6. The van der Waals surface area contributed by atoms with Crippen LogP contribution in [0.1, 0.15) is 66.2 Å². The highest BCUT2D eigenvalue weighted by molar-refractivity contribution is 6.86. The van der Waals surface area contributed by atoms with Gasteiger partial charge in [0.2, 0.25) is 22.9 Å². The maximum Gasteiger partial charge on any atom is 0.229 e. The first-order valence-electron chi connectivity index (χ1n) is 29.8. The number of H-pyrrole nitrogens is 1. The fourth-order valence-electron chi connectivity index (χ4n) is 11.7. The monoisotopic (exact) mass is 1250 g/mol. The van der Waals surface area contributed by atoms with Gasteiger partial charge in [0.1, 0.15) is 52.7 Å². The van der Waals surface area contributed by atoms with Gasteiger partial charge in [-0.1, -0.05) is 54.6 Å². The molecular formula is C70H62F3N13O7. The lowest BCUT2D eigenvalue weighted by Gasteiger charge is -2.31. The molecule has 0 saturated carbocycles. The van der Waals surface area contributed by atoms with Crippen LogP contribution < -0.4 is 32.3 Å². The minimum absolute atomic E-state index is 0.0411. The number of Topliss-reactive ketones (excluding diaryl/α,β-unsaturated/α-hetero) is 2. The quantitative estimate of drug-likeness (QED) is 0.0884. The largest absolute Gasteiger partial charge is 0.487 e. The number of aromatic amines is 1. The summed E-state index contributed by atoms with van der Waals surface area (Å²) in [5.74, 6) is 0.130. The zero-order valence-corrected chi connectivity index (χ0v) is 51.2. The van der Waals surface area contributed by atoms with Crippen LogP contribution in [0.2, 0.25) is 0 Å². The van der Waals surface area contributed by atoms with Gasteiger partial charge in [0.25, 0.3) is 0 Å². The first-order chi connectivity index (χ1) is 44.6. The molecule has 8 N–H and O–H groups in total. The molecule has 0 amide bonds. The molecule has 0 unspecified atom stereocenters. The Morgan fingerprint density at radius 3 is 2.23 bits per heavy atom. The number of carbonyl (C=O) groups excluding carboxylic acids is 3. The lowest BCUT2D eigenvalue weighted by molar-refractivity contribution is -0.112. The van der Waals surface area contributed by atoms with E-state index in [-0.39, 0.29) is 69.2 Å². The zero-order chi connectivity index (χ0) is 65.6. The molecule has 15 rings (SSSR count). The Balaban J connectivity index is 0.000000124. The molecule has 23 heteroatoms. The molecule has 4 aliphatic rings. The van der Waals surface area contributed by atoms with Crippen molar-refractivity contribution < 1.29 is 41.8 Å². The van der Waals surface area contributed by atoms with Crippen molar-refractivity contribution in [3.8, 4) is 45.5 Å². The number of imidazole rings is 1. The number of fused-ring (bicyclic) bond motifs is 5. The molecule has 0 atom stereocenters. The third-order valence-electron chi connectivity index (χ3n) is 16.3. The molecule has 470 valence electrons. The molecule has 93 heavy (non-hydrogen) atoms. The van der Waals surface area contributed by atoms with Crippen molar-refractivity contribution in [2.24, 2.45) is 15.7 Å². The Labute approximate surface area is 529 Å². The predicted octanol–water partition coefficient (Wildman–Crippen LogP) is 10.9. The predicted molar refractivity (Wildman–Crippen MR) is 351 cm³/mol. The number of aliphatic imine (C=N–C) groups is 2. The van der Waals surface area contributed by atoms with Crippen LogP contribution in [0.25, 0.3) is 72.7 Å². The number of hydrogen-bond acceptors (Lipinski definition) is 17. The molecule has 0 bridgehead atoms. The fourth-order valence-corrected chi connectivity index (χ4v) is 11.7. The number of aryl methyl sites for hydroxylation is 2. The van der Waals surface area contributed by atoms with Gasteiger partial charge in [0.05, 0.1) is 45.0 Å². The Morgan fingerprint density at radius 2 is 1.49 bits per heavy atom. The summed E-state index contributed by atoms with van der Waals surface area (Å²) in [4.78, 5) is 76.8.